The molecule has 4 rings (SSSR count). The van der Waals surface area contributed by atoms with Gasteiger partial charge in [0.15, 0.2) is 17.3 Å². The SMILES string of the molecule is COc1cccc2c1OCC(Cn1ccnc1-c1cncn1C)C2. The second-order valence-corrected chi connectivity index (χ2v) is 6.12. The van der Waals surface area contributed by atoms with Crippen molar-refractivity contribution in [3.8, 4) is 23.0 Å². The molecule has 0 N–H and O–H groups in total. The minimum Gasteiger partial charge on any atom is -0.493 e. The van der Waals surface area contributed by atoms with Crippen molar-refractivity contribution in [2.75, 3.05) is 13.7 Å². The molecule has 3 aromatic rings. The Hall–Kier alpha value is -2.76. The van der Waals surface area contributed by atoms with Gasteiger partial charge in [-0.15, -0.1) is 0 Å². The third-order valence-corrected chi connectivity index (χ3v) is 4.47. The molecule has 1 aliphatic rings. The van der Waals surface area contributed by atoms with Crippen LogP contribution in [0.5, 0.6) is 11.5 Å². The number of benzene rings is 1. The second-order valence-electron chi connectivity index (χ2n) is 6.12. The van der Waals surface area contributed by atoms with Crippen LogP contribution < -0.4 is 9.47 Å². The van der Waals surface area contributed by atoms with E-state index in [9.17, 15) is 0 Å². The lowest BCUT2D eigenvalue weighted by Gasteiger charge is -2.27. The van der Waals surface area contributed by atoms with Crippen molar-refractivity contribution < 1.29 is 9.47 Å². The Morgan fingerprint density at radius 1 is 1.38 bits per heavy atom. The number of methoxy groups -OCH3 is 1. The van der Waals surface area contributed by atoms with Crippen LogP contribution in [-0.4, -0.2) is 32.8 Å². The molecule has 0 saturated carbocycles. The van der Waals surface area contributed by atoms with Gasteiger partial charge in [0.1, 0.15) is 5.69 Å². The molecule has 6 nitrogen and oxygen atoms in total. The van der Waals surface area contributed by atoms with Gasteiger partial charge in [0.25, 0.3) is 0 Å². The Labute approximate surface area is 140 Å². The van der Waals surface area contributed by atoms with Gasteiger partial charge in [-0.25, -0.2) is 9.97 Å². The number of hydrogen-bond acceptors (Lipinski definition) is 4. The van der Waals surface area contributed by atoms with Gasteiger partial charge in [-0.2, -0.15) is 0 Å². The van der Waals surface area contributed by atoms with Crippen LogP contribution in [0.3, 0.4) is 0 Å². The molecule has 2 aromatic heterocycles. The quantitative estimate of drug-likeness (QED) is 0.740. The molecule has 124 valence electrons. The highest BCUT2D eigenvalue weighted by atomic mass is 16.5. The van der Waals surface area contributed by atoms with E-state index in [-0.39, 0.29) is 0 Å². The first-order valence-electron chi connectivity index (χ1n) is 8.02. The van der Waals surface area contributed by atoms with Gasteiger partial charge in [0.2, 0.25) is 0 Å². The maximum atomic E-state index is 5.98. The predicted octanol–water partition coefficient (Wildman–Crippen LogP) is 2.54. The van der Waals surface area contributed by atoms with E-state index in [1.165, 1.54) is 5.56 Å². The zero-order valence-corrected chi connectivity index (χ0v) is 13.8. The number of para-hydroxylation sites is 1. The Morgan fingerprint density at radius 3 is 3.08 bits per heavy atom. The lowest BCUT2D eigenvalue weighted by Crippen LogP contribution is -2.25. The van der Waals surface area contributed by atoms with E-state index in [2.05, 4.69) is 20.6 Å². The molecule has 0 fully saturated rings. The van der Waals surface area contributed by atoms with E-state index in [1.54, 1.807) is 13.4 Å². The summed E-state index contributed by atoms with van der Waals surface area (Å²) < 4.78 is 15.5. The van der Waals surface area contributed by atoms with Gasteiger partial charge in [-0.3, -0.25) is 0 Å². The summed E-state index contributed by atoms with van der Waals surface area (Å²) in [6.45, 7) is 1.54. The van der Waals surface area contributed by atoms with Gasteiger partial charge in [0, 0.05) is 31.9 Å². The molecule has 3 heterocycles. The first-order valence-corrected chi connectivity index (χ1v) is 8.02. The summed E-state index contributed by atoms with van der Waals surface area (Å²) in [7, 11) is 3.66. The zero-order chi connectivity index (χ0) is 16.5. The lowest BCUT2D eigenvalue weighted by atomic mass is 9.96. The van der Waals surface area contributed by atoms with Gasteiger partial charge in [-0.05, 0) is 18.1 Å². The van der Waals surface area contributed by atoms with Crippen LogP contribution in [0.25, 0.3) is 11.5 Å². The van der Waals surface area contributed by atoms with Crippen molar-refractivity contribution in [1.29, 1.82) is 0 Å². The largest absolute Gasteiger partial charge is 0.493 e. The van der Waals surface area contributed by atoms with Crippen LogP contribution >= 0.6 is 0 Å². The fourth-order valence-corrected chi connectivity index (χ4v) is 3.28. The highest BCUT2D eigenvalue weighted by molar-refractivity contribution is 5.49. The molecule has 0 bridgehead atoms. The molecule has 1 unspecified atom stereocenters. The molecular formula is C18H20N4O2. The summed E-state index contributed by atoms with van der Waals surface area (Å²) in [4.78, 5) is 8.68. The molecule has 6 heteroatoms. The van der Waals surface area contributed by atoms with Crippen molar-refractivity contribution in [2.24, 2.45) is 13.0 Å². The third kappa shape index (κ3) is 2.54. The highest BCUT2D eigenvalue weighted by Gasteiger charge is 2.24. The average Bonchev–Trinajstić information content (AvgIpc) is 3.22. The average molecular weight is 324 g/mol. The van der Waals surface area contributed by atoms with Crippen LogP contribution in [0.2, 0.25) is 0 Å². The summed E-state index contributed by atoms with van der Waals surface area (Å²) in [6.07, 6.45) is 8.46. The van der Waals surface area contributed by atoms with E-state index in [1.807, 2.05) is 42.3 Å². The Morgan fingerprint density at radius 2 is 2.29 bits per heavy atom. The predicted molar refractivity (Wildman–Crippen MR) is 90.1 cm³/mol. The maximum Gasteiger partial charge on any atom is 0.164 e. The first kappa shape index (κ1) is 14.8. The van der Waals surface area contributed by atoms with Crippen molar-refractivity contribution in [3.63, 3.8) is 0 Å². The monoisotopic (exact) mass is 324 g/mol. The summed E-state index contributed by atoms with van der Waals surface area (Å²) in [5.41, 5.74) is 2.21. The minimum absolute atomic E-state index is 0.394. The molecule has 24 heavy (non-hydrogen) atoms. The maximum absolute atomic E-state index is 5.98. The Bertz CT molecular complexity index is 852. The molecule has 0 spiro atoms. The highest BCUT2D eigenvalue weighted by Crippen LogP contribution is 2.36. The van der Waals surface area contributed by atoms with Crippen molar-refractivity contribution in [3.05, 3.63) is 48.7 Å². The van der Waals surface area contributed by atoms with E-state index >= 15 is 0 Å². The Kier molecular flexibility index (Phi) is 3.72. The summed E-state index contributed by atoms with van der Waals surface area (Å²) in [5.74, 6) is 3.02. The molecule has 0 amide bonds. The van der Waals surface area contributed by atoms with Crippen molar-refractivity contribution in [2.45, 2.75) is 13.0 Å². The van der Waals surface area contributed by atoms with Crippen LogP contribution in [0, 0.1) is 5.92 Å². The van der Waals surface area contributed by atoms with E-state index in [4.69, 9.17) is 9.47 Å². The Balaban J connectivity index is 1.56. The number of rotatable bonds is 4. The van der Waals surface area contributed by atoms with Gasteiger partial charge in [-0.1, -0.05) is 12.1 Å². The number of hydrogen-bond donors (Lipinski definition) is 0. The van der Waals surface area contributed by atoms with E-state index in [0.717, 1.165) is 36.0 Å². The van der Waals surface area contributed by atoms with Gasteiger partial charge >= 0.3 is 0 Å². The van der Waals surface area contributed by atoms with E-state index < -0.39 is 0 Å². The molecular weight excluding hydrogens is 304 g/mol. The summed E-state index contributed by atoms with van der Waals surface area (Å²) in [6, 6.07) is 6.07. The summed E-state index contributed by atoms with van der Waals surface area (Å²) >= 11 is 0. The zero-order valence-electron chi connectivity index (χ0n) is 13.8. The van der Waals surface area contributed by atoms with Crippen LogP contribution in [0.15, 0.2) is 43.1 Å². The molecule has 1 aromatic carbocycles. The third-order valence-electron chi connectivity index (χ3n) is 4.47. The van der Waals surface area contributed by atoms with Crippen molar-refractivity contribution in [1.82, 2.24) is 19.1 Å². The van der Waals surface area contributed by atoms with Crippen molar-refractivity contribution >= 4 is 0 Å². The lowest BCUT2D eigenvalue weighted by molar-refractivity contribution is 0.198. The summed E-state index contributed by atoms with van der Waals surface area (Å²) in [5, 5.41) is 0. The fraction of sp³-hybridized carbons (Fsp3) is 0.333. The number of nitrogens with zero attached hydrogens (tertiary/aromatic N) is 4. The fourth-order valence-electron chi connectivity index (χ4n) is 3.28. The topological polar surface area (TPSA) is 54.1 Å². The first-order chi connectivity index (χ1) is 11.8. The number of ether oxygens (including phenoxy) is 2. The number of fused-ring (bicyclic) bond motifs is 1. The molecule has 0 saturated heterocycles. The number of imidazole rings is 2. The van der Waals surface area contributed by atoms with Crippen LogP contribution in [-0.2, 0) is 20.0 Å². The van der Waals surface area contributed by atoms with Crippen LogP contribution in [0.1, 0.15) is 5.56 Å². The number of aromatic nitrogens is 4. The molecule has 0 radical (unpaired) electrons. The normalized spacial score (nSPS) is 16.5. The second kappa shape index (κ2) is 6.03. The van der Waals surface area contributed by atoms with Crippen LogP contribution in [0.4, 0.5) is 0 Å². The minimum atomic E-state index is 0.394. The molecule has 1 aliphatic heterocycles. The molecule has 1 atom stereocenters. The van der Waals surface area contributed by atoms with E-state index in [0.29, 0.717) is 12.5 Å². The van der Waals surface area contributed by atoms with Gasteiger partial charge < -0.3 is 18.6 Å². The number of aryl methyl sites for hydroxylation is 1. The van der Waals surface area contributed by atoms with Gasteiger partial charge in [0.05, 0.1) is 26.2 Å². The molecule has 0 aliphatic carbocycles. The smallest absolute Gasteiger partial charge is 0.164 e. The standard InChI is InChI=1S/C18H20N4O2/c1-21-12-19-9-15(21)18-20-6-7-22(18)10-13-8-14-4-3-5-16(23-2)17(14)24-11-13/h3-7,9,12-13H,8,10-11H2,1-2H3.